The third-order valence-corrected chi connectivity index (χ3v) is 3.61. The topological polar surface area (TPSA) is 83.7 Å². The number of benzene rings is 1. The molecule has 0 aliphatic rings. The first-order valence-electron chi connectivity index (χ1n) is 6.77. The van der Waals surface area contributed by atoms with E-state index in [-0.39, 0.29) is 5.56 Å². The molecular weight excluding hydrogens is 280 g/mol. The number of ether oxygens (including phenoxy) is 1. The molecule has 1 aromatic carbocycles. The highest BCUT2D eigenvalue weighted by atomic mass is 16.5. The van der Waals surface area contributed by atoms with Crippen molar-refractivity contribution in [2.24, 2.45) is 0 Å². The Morgan fingerprint density at radius 1 is 1.23 bits per heavy atom. The number of pyridine rings is 1. The van der Waals surface area contributed by atoms with Gasteiger partial charge in [0.1, 0.15) is 17.1 Å². The lowest BCUT2D eigenvalue weighted by Gasteiger charge is -2.04. The summed E-state index contributed by atoms with van der Waals surface area (Å²) in [4.78, 5) is 27.0. The Kier molecular flexibility index (Phi) is 2.69. The van der Waals surface area contributed by atoms with E-state index in [2.05, 4.69) is 19.9 Å². The molecule has 108 valence electrons. The fourth-order valence-corrected chi connectivity index (χ4v) is 2.52. The first kappa shape index (κ1) is 12.6. The summed E-state index contributed by atoms with van der Waals surface area (Å²) in [6.45, 7) is 0. The average molecular weight is 292 g/mol. The molecule has 0 bridgehead atoms. The molecule has 3 heterocycles. The Morgan fingerprint density at radius 3 is 3.00 bits per heavy atom. The van der Waals surface area contributed by atoms with Crippen molar-refractivity contribution in [3.63, 3.8) is 0 Å². The highest BCUT2D eigenvalue weighted by Crippen LogP contribution is 2.25. The van der Waals surface area contributed by atoms with E-state index < -0.39 is 0 Å². The van der Waals surface area contributed by atoms with Crippen LogP contribution in [0.25, 0.3) is 33.3 Å². The van der Waals surface area contributed by atoms with Crippen LogP contribution in [0.2, 0.25) is 0 Å². The number of hydrogen-bond acceptors (Lipinski definition) is 4. The predicted octanol–water partition coefficient (Wildman–Crippen LogP) is 2.48. The molecule has 6 nitrogen and oxygen atoms in total. The number of nitrogens with one attached hydrogen (secondary N) is 2. The molecule has 4 aromatic rings. The molecule has 22 heavy (non-hydrogen) atoms. The molecule has 0 amide bonds. The van der Waals surface area contributed by atoms with Gasteiger partial charge in [0.25, 0.3) is 5.56 Å². The van der Waals surface area contributed by atoms with Gasteiger partial charge < -0.3 is 14.7 Å². The summed E-state index contributed by atoms with van der Waals surface area (Å²) < 4.78 is 5.21. The van der Waals surface area contributed by atoms with Crippen LogP contribution in [0.1, 0.15) is 0 Å². The third-order valence-electron chi connectivity index (χ3n) is 3.61. The van der Waals surface area contributed by atoms with E-state index in [0.29, 0.717) is 22.5 Å². The largest absolute Gasteiger partial charge is 0.497 e. The molecule has 2 N–H and O–H groups in total. The molecule has 0 fully saturated rings. The maximum Gasteiger partial charge on any atom is 0.275 e. The van der Waals surface area contributed by atoms with Gasteiger partial charge in [-0.2, -0.15) is 0 Å². The van der Waals surface area contributed by atoms with Crippen molar-refractivity contribution < 1.29 is 4.74 Å². The van der Waals surface area contributed by atoms with Gasteiger partial charge in [0.15, 0.2) is 0 Å². The van der Waals surface area contributed by atoms with Gasteiger partial charge >= 0.3 is 0 Å². The summed E-state index contributed by atoms with van der Waals surface area (Å²) >= 11 is 0. The standard InChI is InChI=1S/C16H12N4O2/c1-22-9-4-5-12-13(7-9)19-14(16(21)20-12)11-8-18-15-10(11)3-2-6-17-15/h2-8H,1H3,(H,17,18)(H,20,21). The van der Waals surface area contributed by atoms with Crippen LogP contribution in [0.4, 0.5) is 0 Å². The van der Waals surface area contributed by atoms with Crippen LogP contribution in [0.5, 0.6) is 5.75 Å². The Bertz CT molecular complexity index is 1050. The number of aromatic amines is 2. The quantitative estimate of drug-likeness (QED) is 0.594. The third kappa shape index (κ3) is 1.85. The fourth-order valence-electron chi connectivity index (χ4n) is 2.52. The Hall–Kier alpha value is -3.15. The molecule has 0 aliphatic carbocycles. The number of hydrogen-bond donors (Lipinski definition) is 2. The lowest BCUT2D eigenvalue weighted by Crippen LogP contribution is -2.11. The van der Waals surface area contributed by atoms with E-state index in [1.54, 1.807) is 37.7 Å². The number of nitrogens with zero attached hydrogens (tertiary/aromatic N) is 2. The maximum atomic E-state index is 12.3. The summed E-state index contributed by atoms with van der Waals surface area (Å²) in [6.07, 6.45) is 3.45. The summed E-state index contributed by atoms with van der Waals surface area (Å²) in [5, 5.41) is 0.864. The van der Waals surface area contributed by atoms with Crippen molar-refractivity contribution in [1.82, 2.24) is 19.9 Å². The Morgan fingerprint density at radius 2 is 2.14 bits per heavy atom. The molecule has 0 aliphatic heterocycles. The highest BCUT2D eigenvalue weighted by Gasteiger charge is 2.13. The van der Waals surface area contributed by atoms with E-state index >= 15 is 0 Å². The highest BCUT2D eigenvalue weighted by molar-refractivity contribution is 5.93. The van der Waals surface area contributed by atoms with Crippen LogP contribution < -0.4 is 10.3 Å². The van der Waals surface area contributed by atoms with Gasteiger partial charge in [-0.1, -0.05) is 0 Å². The van der Waals surface area contributed by atoms with E-state index in [9.17, 15) is 4.79 Å². The van der Waals surface area contributed by atoms with Crippen molar-refractivity contribution in [2.45, 2.75) is 0 Å². The van der Waals surface area contributed by atoms with Crippen molar-refractivity contribution in [3.8, 4) is 17.0 Å². The number of fused-ring (bicyclic) bond motifs is 2. The molecular formula is C16H12N4O2. The number of aromatic nitrogens is 4. The lowest BCUT2D eigenvalue weighted by atomic mass is 10.1. The smallest absolute Gasteiger partial charge is 0.275 e. The molecule has 0 unspecified atom stereocenters. The van der Waals surface area contributed by atoms with Gasteiger partial charge in [0, 0.05) is 29.4 Å². The Labute approximate surface area is 124 Å². The SMILES string of the molecule is COc1ccc2[nH]c(=O)c(-c3c[nH]c4ncccc34)nc2c1. The van der Waals surface area contributed by atoms with E-state index in [4.69, 9.17) is 4.74 Å². The molecule has 0 spiro atoms. The number of H-pyrrole nitrogens is 2. The van der Waals surface area contributed by atoms with Crippen molar-refractivity contribution in [3.05, 3.63) is 53.1 Å². The number of rotatable bonds is 2. The minimum atomic E-state index is -0.234. The van der Waals surface area contributed by atoms with Gasteiger partial charge in [-0.15, -0.1) is 0 Å². The monoisotopic (exact) mass is 292 g/mol. The molecule has 0 radical (unpaired) electrons. The molecule has 0 saturated carbocycles. The van der Waals surface area contributed by atoms with Crippen LogP contribution in [-0.4, -0.2) is 27.0 Å². The van der Waals surface area contributed by atoms with Crippen molar-refractivity contribution in [2.75, 3.05) is 7.11 Å². The molecule has 3 aromatic heterocycles. The number of methoxy groups -OCH3 is 1. The van der Waals surface area contributed by atoms with Gasteiger partial charge in [0.05, 0.1) is 18.1 Å². The van der Waals surface area contributed by atoms with Crippen molar-refractivity contribution in [1.29, 1.82) is 0 Å². The summed E-state index contributed by atoms with van der Waals surface area (Å²) in [5.74, 6) is 0.693. The van der Waals surface area contributed by atoms with Crippen molar-refractivity contribution >= 4 is 22.1 Å². The normalized spacial score (nSPS) is 11.1. The zero-order valence-corrected chi connectivity index (χ0v) is 11.8. The second-order valence-corrected chi connectivity index (χ2v) is 4.90. The minimum absolute atomic E-state index is 0.234. The van der Waals surface area contributed by atoms with Crippen LogP contribution in [0.3, 0.4) is 0 Å². The van der Waals surface area contributed by atoms with Gasteiger partial charge in [-0.25, -0.2) is 9.97 Å². The van der Waals surface area contributed by atoms with Gasteiger partial charge in [-0.3, -0.25) is 4.79 Å². The lowest BCUT2D eigenvalue weighted by molar-refractivity contribution is 0.415. The molecule has 4 rings (SSSR count). The molecule has 6 heteroatoms. The van der Waals surface area contributed by atoms with Crippen LogP contribution in [-0.2, 0) is 0 Å². The average Bonchev–Trinajstić information content (AvgIpc) is 2.97. The van der Waals surface area contributed by atoms with Crippen LogP contribution in [0.15, 0.2) is 47.5 Å². The van der Waals surface area contributed by atoms with Gasteiger partial charge in [-0.05, 0) is 24.3 Å². The second-order valence-electron chi connectivity index (χ2n) is 4.90. The predicted molar refractivity (Wildman–Crippen MR) is 84.0 cm³/mol. The van der Waals surface area contributed by atoms with E-state index in [1.165, 1.54) is 0 Å². The molecule has 0 atom stereocenters. The molecule has 0 saturated heterocycles. The first-order chi connectivity index (χ1) is 10.8. The van der Waals surface area contributed by atoms with Crippen LogP contribution in [0, 0.1) is 0 Å². The second kappa shape index (κ2) is 4.70. The minimum Gasteiger partial charge on any atom is -0.497 e. The summed E-state index contributed by atoms with van der Waals surface area (Å²) in [7, 11) is 1.60. The van der Waals surface area contributed by atoms with Gasteiger partial charge in [0.2, 0.25) is 0 Å². The van der Waals surface area contributed by atoms with E-state index in [0.717, 1.165) is 16.6 Å². The fraction of sp³-hybridized carbons (Fsp3) is 0.0625. The summed E-state index contributed by atoms with van der Waals surface area (Å²) in [5.41, 5.74) is 2.93. The first-order valence-corrected chi connectivity index (χ1v) is 6.77. The zero-order chi connectivity index (χ0) is 15.1. The maximum absolute atomic E-state index is 12.3. The van der Waals surface area contributed by atoms with Crippen LogP contribution >= 0.6 is 0 Å². The summed E-state index contributed by atoms with van der Waals surface area (Å²) in [6, 6.07) is 9.10. The zero-order valence-electron chi connectivity index (χ0n) is 11.8. The van der Waals surface area contributed by atoms with E-state index in [1.807, 2.05) is 12.1 Å². The Balaban J connectivity index is 2.01.